The van der Waals surface area contributed by atoms with E-state index < -0.39 is 0 Å². The molecular formula is C29H27FN4O2. The monoisotopic (exact) mass is 482 g/mol. The summed E-state index contributed by atoms with van der Waals surface area (Å²) in [6.07, 6.45) is 2.58. The summed E-state index contributed by atoms with van der Waals surface area (Å²) < 4.78 is 15.2. The fraction of sp³-hybridized carbons (Fsp3) is 0.207. The summed E-state index contributed by atoms with van der Waals surface area (Å²) in [5.74, 6) is -0.665. The second kappa shape index (κ2) is 9.77. The number of rotatable bonds is 6. The third kappa shape index (κ3) is 4.52. The zero-order valence-electron chi connectivity index (χ0n) is 20.2. The highest BCUT2D eigenvalue weighted by Gasteiger charge is 2.30. The molecule has 4 aromatic rings. The van der Waals surface area contributed by atoms with Gasteiger partial charge in [-0.25, -0.2) is 9.07 Å². The highest BCUT2D eigenvalue weighted by Crippen LogP contribution is 2.30. The Morgan fingerprint density at radius 1 is 1.00 bits per heavy atom. The minimum absolute atomic E-state index is 0.166. The zero-order valence-corrected chi connectivity index (χ0v) is 20.2. The predicted octanol–water partition coefficient (Wildman–Crippen LogP) is 5.59. The van der Waals surface area contributed by atoms with Crippen molar-refractivity contribution in [2.75, 3.05) is 12.4 Å². The molecule has 1 aliphatic rings. The molecule has 0 aliphatic heterocycles. The van der Waals surface area contributed by atoms with Crippen LogP contribution in [0.4, 0.5) is 10.1 Å². The van der Waals surface area contributed by atoms with Crippen molar-refractivity contribution in [2.45, 2.75) is 32.2 Å². The molecule has 1 atom stereocenters. The van der Waals surface area contributed by atoms with Gasteiger partial charge in [-0.05, 0) is 80.3 Å². The van der Waals surface area contributed by atoms with Gasteiger partial charge < -0.3 is 10.2 Å². The zero-order chi connectivity index (χ0) is 25.2. The minimum atomic E-state index is -0.311. The number of hydrogen-bond donors (Lipinski definition) is 1. The van der Waals surface area contributed by atoms with Crippen molar-refractivity contribution < 1.29 is 14.0 Å². The van der Waals surface area contributed by atoms with Gasteiger partial charge in [-0.3, -0.25) is 9.59 Å². The molecule has 6 nitrogen and oxygen atoms in total. The van der Waals surface area contributed by atoms with Gasteiger partial charge in [-0.15, -0.1) is 0 Å². The number of hydrogen-bond acceptors (Lipinski definition) is 3. The largest absolute Gasteiger partial charge is 0.334 e. The van der Waals surface area contributed by atoms with E-state index in [1.54, 1.807) is 40.9 Å². The Balaban J connectivity index is 1.37. The smallest absolute Gasteiger partial charge is 0.274 e. The first-order valence-corrected chi connectivity index (χ1v) is 12.0. The van der Waals surface area contributed by atoms with Crippen LogP contribution >= 0.6 is 0 Å². The van der Waals surface area contributed by atoms with E-state index in [9.17, 15) is 14.0 Å². The summed E-state index contributed by atoms with van der Waals surface area (Å²) in [4.78, 5) is 27.8. The van der Waals surface area contributed by atoms with Crippen LogP contribution in [0.25, 0.3) is 5.69 Å². The van der Waals surface area contributed by atoms with Gasteiger partial charge in [0.15, 0.2) is 5.69 Å². The van der Waals surface area contributed by atoms with Crippen LogP contribution in [0.15, 0.2) is 78.9 Å². The molecule has 5 rings (SSSR count). The molecule has 0 bridgehead atoms. The van der Waals surface area contributed by atoms with Gasteiger partial charge in [0.05, 0.1) is 11.7 Å². The number of amides is 2. The molecule has 182 valence electrons. The third-order valence-corrected chi connectivity index (χ3v) is 6.77. The first-order chi connectivity index (χ1) is 17.4. The van der Waals surface area contributed by atoms with Gasteiger partial charge in [0.25, 0.3) is 11.8 Å². The second-order valence-electron chi connectivity index (χ2n) is 9.05. The molecule has 0 saturated carbocycles. The highest BCUT2D eigenvalue weighted by atomic mass is 19.1. The van der Waals surface area contributed by atoms with Crippen molar-refractivity contribution in [2.24, 2.45) is 0 Å². The number of nitrogens with zero attached hydrogens (tertiary/aromatic N) is 3. The molecule has 0 radical (unpaired) electrons. The van der Waals surface area contributed by atoms with E-state index in [0.29, 0.717) is 16.9 Å². The van der Waals surface area contributed by atoms with Crippen molar-refractivity contribution in [1.29, 1.82) is 0 Å². The molecule has 0 saturated heterocycles. The van der Waals surface area contributed by atoms with Crippen molar-refractivity contribution in [1.82, 2.24) is 14.7 Å². The Morgan fingerprint density at radius 3 is 2.50 bits per heavy atom. The maximum Gasteiger partial charge on any atom is 0.274 e. The maximum absolute atomic E-state index is 13.6. The first-order valence-electron chi connectivity index (χ1n) is 12.0. The molecular weight excluding hydrogens is 455 g/mol. The lowest BCUT2D eigenvalue weighted by Crippen LogP contribution is -2.30. The predicted molar refractivity (Wildman–Crippen MR) is 137 cm³/mol. The molecule has 1 aromatic heterocycles. The molecule has 0 spiro atoms. The number of anilines is 1. The summed E-state index contributed by atoms with van der Waals surface area (Å²) in [6, 6.07) is 22.5. The Labute approximate surface area is 209 Å². The molecule has 1 heterocycles. The van der Waals surface area contributed by atoms with E-state index in [1.165, 1.54) is 12.1 Å². The fourth-order valence-electron chi connectivity index (χ4n) is 4.64. The number of carbonyl (C=O) groups excluding carboxylic acids is 2. The molecule has 1 unspecified atom stereocenters. The molecule has 3 aromatic carbocycles. The Bertz CT molecular complexity index is 1410. The third-order valence-electron chi connectivity index (χ3n) is 6.77. The minimum Gasteiger partial charge on any atom is -0.334 e. The van der Waals surface area contributed by atoms with Gasteiger partial charge in [0, 0.05) is 29.6 Å². The van der Waals surface area contributed by atoms with Crippen LogP contribution in [0.1, 0.15) is 57.1 Å². The number of carbonyl (C=O) groups is 2. The van der Waals surface area contributed by atoms with Gasteiger partial charge >= 0.3 is 0 Å². The van der Waals surface area contributed by atoms with Crippen LogP contribution in [0.5, 0.6) is 0 Å². The van der Waals surface area contributed by atoms with E-state index in [2.05, 4.69) is 10.4 Å². The standard InChI is InChI=1S/C29H27FN4O2/c1-19(21-10-6-11-23(18-21)31-28(35)20-8-4-3-5-9-20)33(2)29(36)27-25-12-7-13-26(25)34(32-27)24-16-14-22(30)15-17-24/h3-6,8-11,14-19H,7,12-13H2,1-2H3,(H,31,35). The Hall–Kier alpha value is -4.26. The SMILES string of the molecule is CC(c1cccc(NC(=O)c2ccccc2)c1)N(C)C(=O)c1nn(-c2ccc(F)cc2)c2c1CCC2. The lowest BCUT2D eigenvalue weighted by Gasteiger charge is -2.25. The van der Waals surface area contributed by atoms with E-state index in [-0.39, 0.29) is 23.7 Å². The van der Waals surface area contributed by atoms with E-state index in [4.69, 9.17) is 0 Å². The van der Waals surface area contributed by atoms with Gasteiger partial charge in [-0.1, -0.05) is 30.3 Å². The van der Waals surface area contributed by atoms with Crippen molar-refractivity contribution in [3.8, 4) is 5.69 Å². The van der Waals surface area contributed by atoms with Crippen LogP contribution in [-0.4, -0.2) is 33.5 Å². The van der Waals surface area contributed by atoms with E-state index >= 15 is 0 Å². The quantitative estimate of drug-likeness (QED) is 0.390. The number of nitrogens with one attached hydrogen (secondary N) is 1. The molecule has 7 heteroatoms. The van der Waals surface area contributed by atoms with Gasteiger partial charge in [0.2, 0.25) is 0 Å². The summed E-state index contributed by atoms with van der Waals surface area (Å²) in [5.41, 5.74) is 5.29. The highest BCUT2D eigenvalue weighted by molar-refractivity contribution is 6.04. The Morgan fingerprint density at radius 2 is 1.75 bits per heavy atom. The van der Waals surface area contributed by atoms with Crippen LogP contribution < -0.4 is 5.32 Å². The van der Waals surface area contributed by atoms with Crippen molar-refractivity contribution in [3.63, 3.8) is 0 Å². The fourth-order valence-corrected chi connectivity index (χ4v) is 4.64. The molecule has 2 amide bonds. The van der Waals surface area contributed by atoms with Gasteiger partial charge in [-0.2, -0.15) is 5.10 Å². The van der Waals surface area contributed by atoms with Crippen LogP contribution in [-0.2, 0) is 12.8 Å². The van der Waals surface area contributed by atoms with Gasteiger partial charge in [0.1, 0.15) is 5.82 Å². The topological polar surface area (TPSA) is 67.2 Å². The number of aromatic nitrogens is 2. The second-order valence-corrected chi connectivity index (χ2v) is 9.05. The number of benzene rings is 3. The Kier molecular flexibility index (Phi) is 6.38. The van der Waals surface area contributed by atoms with E-state index in [1.807, 2.05) is 49.4 Å². The lowest BCUT2D eigenvalue weighted by molar-refractivity contribution is 0.0735. The lowest BCUT2D eigenvalue weighted by atomic mass is 10.1. The van der Waals surface area contributed by atoms with Crippen molar-refractivity contribution >= 4 is 17.5 Å². The average molecular weight is 483 g/mol. The van der Waals surface area contributed by atoms with E-state index in [0.717, 1.165) is 41.8 Å². The van der Waals surface area contributed by atoms with Crippen LogP contribution in [0.3, 0.4) is 0 Å². The summed E-state index contributed by atoms with van der Waals surface area (Å²) in [5, 5.41) is 7.59. The first kappa shape index (κ1) is 23.5. The molecule has 1 aliphatic carbocycles. The van der Waals surface area contributed by atoms with Crippen LogP contribution in [0.2, 0.25) is 0 Å². The van der Waals surface area contributed by atoms with Crippen molar-refractivity contribution in [3.05, 3.63) is 113 Å². The summed E-state index contributed by atoms with van der Waals surface area (Å²) in [6.45, 7) is 1.95. The molecule has 1 N–H and O–H groups in total. The molecule has 36 heavy (non-hydrogen) atoms. The summed E-state index contributed by atoms with van der Waals surface area (Å²) in [7, 11) is 1.76. The average Bonchev–Trinajstić information content (AvgIpc) is 3.52. The molecule has 0 fully saturated rings. The maximum atomic E-state index is 13.6. The summed E-state index contributed by atoms with van der Waals surface area (Å²) >= 11 is 0. The number of halogens is 1. The normalized spacial score (nSPS) is 13.2. The number of fused-ring (bicyclic) bond motifs is 1. The van der Waals surface area contributed by atoms with Crippen LogP contribution in [0, 0.1) is 5.82 Å².